The molecule has 3 aromatic rings. The van der Waals surface area contributed by atoms with Crippen LogP contribution in [0.1, 0.15) is 19.8 Å². The lowest BCUT2D eigenvalue weighted by Crippen LogP contribution is -2.39. The van der Waals surface area contributed by atoms with Crippen LogP contribution < -0.4 is 16.1 Å². The van der Waals surface area contributed by atoms with Gasteiger partial charge in [-0.25, -0.2) is 9.18 Å². The summed E-state index contributed by atoms with van der Waals surface area (Å²) in [5.41, 5.74) is 0.992. The van der Waals surface area contributed by atoms with E-state index in [9.17, 15) is 14.0 Å². The zero-order chi connectivity index (χ0) is 18.4. The average Bonchev–Trinajstić information content (AvgIpc) is 3.20. The van der Waals surface area contributed by atoms with Gasteiger partial charge in [0.25, 0.3) is 5.56 Å². The van der Waals surface area contributed by atoms with Crippen molar-refractivity contribution in [2.24, 2.45) is 7.05 Å². The van der Waals surface area contributed by atoms with E-state index in [1.54, 1.807) is 19.2 Å². The van der Waals surface area contributed by atoms with E-state index in [0.717, 1.165) is 18.5 Å². The molecule has 0 saturated heterocycles. The van der Waals surface area contributed by atoms with Gasteiger partial charge in [-0.05, 0) is 30.7 Å². The summed E-state index contributed by atoms with van der Waals surface area (Å²) >= 11 is 0. The summed E-state index contributed by atoms with van der Waals surface area (Å²) in [4.78, 5) is 32.0. The lowest BCUT2D eigenvalue weighted by Gasteiger charge is -2.15. The minimum atomic E-state index is -0.346. The number of imidazole rings is 1. The second-order valence-electron chi connectivity index (χ2n) is 6.52. The van der Waals surface area contributed by atoms with Gasteiger partial charge in [0, 0.05) is 32.4 Å². The molecule has 0 N–H and O–H groups in total. The Morgan fingerprint density at radius 2 is 1.88 bits per heavy atom. The number of anilines is 2. The average molecular weight is 357 g/mol. The van der Waals surface area contributed by atoms with Gasteiger partial charge in [0.15, 0.2) is 11.2 Å². The molecule has 0 bridgehead atoms. The maximum Gasteiger partial charge on any atom is 0.332 e. The molecule has 0 aliphatic carbocycles. The predicted octanol–water partition coefficient (Wildman–Crippen LogP) is 1.99. The Morgan fingerprint density at radius 3 is 2.58 bits per heavy atom. The highest BCUT2D eigenvalue weighted by molar-refractivity contribution is 5.77. The van der Waals surface area contributed by atoms with Gasteiger partial charge < -0.3 is 9.47 Å². The van der Waals surface area contributed by atoms with Crippen LogP contribution in [0.5, 0.6) is 0 Å². The van der Waals surface area contributed by atoms with Gasteiger partial charge in [-0.1, -0.05) is 13.3 Å². The molecule has 1 aliphatic heterocycles. The molecule has 3 heterocycles. The molecular weight excluding hydrogens is 337 g/mol. The van der Waals surface area contributed by atoms with Crippen molar-refractivity contribution in [3.63, 3.8) is 0 Å². The van der Waals surface area contributed by atoms with Crippen LogP contribution in [0, 0.1) is 5.82 Å². The fourth-order valence-corrected chi connectivity index (χ4v) is 3.46. The van der Waals surface area contributed by atoms with E-state index in [0.29, 0.717) is 36.7 Å². The van der Waals surface area contributed by atoms with Gasteiger partial charge in [-0.3, -0.25) is 13.9 Å². The third kappa shape index (κ3) is 2.36. The third-order valence-corrected chi connectivity index (χ3v) is 4.87. The minimum Gasteiger partial charge on any atom is -0.310 e. The Kier molecular flexibility index (Phi) is 3.90. The summed E-state index contributed by atoms with van der Waals surface area (Å²) < 4.78 is 17.8. The van der Waals surface area contributed by atoms with Crippen LogP contribution in [-0.2, 0) is 20.1 Å². The summed E-state index contributed by atoms with van der Waals surface area (Å²) in [7, 11) is 1.64. The molecule has 4 rings (SSSR count). The first-order chi connectivity index (χ1) is 12.5. The maximum atomic E-state index is 13.2. The number of fused-ring (bicyclic) bond motifs is 3. The van der Waals surface area contributed by atoms with Crippen LogP contribution in [-0.4, -0.2) is 25.2 Å². The fourth-order valence-electron chi connectivity index (χ4n) is 3.46. The highest BCUT2D eigenvalue weighted by Crippen LogP contribution is 2.31. The predicted molar refractivity (Wildman–Crippen MR) is 97.5 cm³/mol. The van der Waals surface area contributed by atoms with E-state index in [4.69, 9.17) is 0 Å². The topological polar surface area (TPSA) is 65.1 Å². The van der Waals surface area contributed by atoms with Crippen molar-refractivity contribution in [2.75, 3.05) is 11.4 Å². The van der Waals surface area contributed by atoms with Crippen LogP contribution in [0.4, 0.5) is 16.0 Å². The lowest BCUT2D eigenvalue weighted by atomic mass is 10.3. The lowest BCUT2D eigenvalue weighted by molar-refractivity contribution is 0.564. The van der Waals surface area contributed by atoms with E-state index in [1.807, 2.05) is 16.4 Å². The zero-order valence-electron chi connectivity index (χ0n) is 14.8. The van der Waals surface area contributed by atoms with Gasteiger partial charge in [0.1, 0.15) is 5.82 Å². The number of aromatic nitrogens is 4. The van der Waals surface area contributed by atoms with Gasteiger partial charge >= 0.3 is 5.69 Å². The molecular formula is C18H20FN5O2. The van der Waals surface area contributed by atoms with Crippen molar-refractivity contribution in [2.45, 2.75) is 32.9 Å². The summed E-state index contributed by atoms with van der Waals surface area (Å²) in [5, 5.41) is 0. The molecule has 136 valence electrons. The molecule has 26 heavy (non-hydrogen) atoms. The number of hydrogen-bond donors (Lipinski definition) is 0. The first kappa shape index (κ1) is 16.6. The maximum absolute atomic E-state index is 13.2. The molecule has 0 amide bonds. The van der Waals surface area contributed by atoms with E-state index >= 15 is 0 Å². The molecule has 8 heteroatoms. The van der Waals surface area contributed by atoms with Gasteiger partial charge in [-0.15, -0.1) is 0 Å². The van der Waals surface area contributed by atoms with Crippen molar-refractivity contribution in [3.8, 4) is 0 Å². The van der Waals surface area contributed by atoms with Crippen molar-refractivity contribution < 1.29 is 4.39 Å². The SMILES string of the molecule is CCCCn1c(=O)c2c(nc3n2CCN3c2ccc(F)cc2)n(C)c1=O. The van der Waals surface area contributed by atoms with E-state index in [1.165, 1.54) is 21.3 Å². The van der Waals surface area contributed by atoms with E-state index < -0.39 is 0 Å². The number of rotatable bonds is 4. The molecule has 0 saturated carbocycles. The Bertz CT molecular complexity index is 1090. The second kappa shape index (κ2) is 6.12. The number of hydrogen-bond acceptors (Lipinski definition) is 4. The van der Waals surface area contributed by atoms with Crippen LogP contribution in [0.3, 0.4) is 0 Å². The molecule has 0 radical (unpaired) electrons. The standard InChI is InChI=1S/C18H20FN5O2/c1-3-4-9-24-16(25)14-15(21(2)18(24)26)20-17-22(10-11-23(14)17)13-7-5-12(19)6-8-13/h5-8H,3-4,9-11H2,1-2H3. The summed E-state index contributed by atoms with van der Waals surface area (Å²) in [6.07, 6.45) is 1.67. The Labute approximate surface area is 148 Å². The monoisotopic (exact) mass is 357 g/mol. The minimum absolute atomic E-state index is 0.295. The largest absolute Gasteiger partial charge is 0.332 e. The second-order valence-corrected chi connectivity index (χ2v) is 6.52. The van der Waals surface area contributed by atoms with E-state index in [2.05, 4.69) is 4.98 Å². The van der Waals surface area contributed by atoms with Crippen LogP contribution in [0.15, 0.2) is 33.9 Å². The smallest absolute Gasteiger partial charge is 0.310 e. The van der Waals surface area contributed by atoms with Crippen LogP contribution in [0.25, 0.3) is 11.2 Å². The molecule has 0 fully saturated rings. The molecule has 1 aromatic carbocycles. The van der Waals surface area contributed by atoms with Gasteiger partial charge in [-0.2, -0.15) is 4.98 Å². The van der Waals surface area contributed by atoms with Crippen molar-refractivity contribution in [3.05, 3.63) is 50.9 Å². The first-order valence-corrected chi connectivity index (χ1v) is 8.76. The van der Waals surface area contributed by atoms with Crippen molar-refractivity contribution in [1.82, 2.24) is 18.7 Å². The number of nitrogens with zero attached hydrogens (tertiary/aromatic N) is 5. The fraction of sp³-hybridized carbons (Fsp3) is 0.389. The molecule has 1 aliphatic rings. The third-order valence-electron chi connectivity index (χ3n) is 4.87. The van der Waals surface area contributed by atoms with Crippen LogP contribution in [0.2, 0.25) is 0 Å². The molecule has 0 unspecified atom stereocenters. The van der Waals surface area contributed by atoms with E-state index in [-0.39, 0.29) is 17.1 Å². The molecule has 0 atom stereocenters. The number of aryl methyl sites for hydroxylation is 1. The number of unbranched alkanes of at least 4 members (excludes halogenated alkanes) is 1. The Balaban J connectivity index is 1.91. The van der Waals surface area contributed by atoms with Crippen LogP contribution >= 0.6 is 0 Å². The summed E-state index contributed by atoms with van der Waals surface area (Å²) in [6.45, 7) is 3.65. The Morgan fingerprint density at radius 1 is 1.15 bits per heavy atom. The highest BCUT2D eigenvalue weighted by atomic mass is 19.1. The Hall–Kier alpha value is -2.90. The van der Waals surface area contributed by atoms with Gasteiger partial charge in [0.2, 0.25) is 5.95 Å². The van der Waals surface area contributed by atoms with Gasteiger partial charge in [0.05, 0.1) is 0 Å². The molecule has 0 spiro atoms. The quantitative estimate of drug-likeness (QED) is 0.716. The molecule has 2 aromatic heterocycles. The zero-order valence-corrected chi connectivity index (χ0v) is 14.8. The van der Waals surface area contributed by atoms with Crippen molar-refractivity contribution >= 4 is 22.8 Å². The summed E-state index contributed by atoms with van der Waals surface area (Å²) in [5.74, 6) is 0.301. The first-order valence-electron chi connectivity index (χ1n) is 8.76. The number of benzene rings is 1. The molecule has 7 nitrogen and oxygen atoms in total. The normalized spacial score (nSPS) is 13.6. The van der Waals surface area contributed by atoms with Crippen molar-refractivity contribution in [1.29, 1.82) is 0 Å². The number of halogens is 1. The summed E-state index contributed by atoms with van der Waals surface area (Å²) in [6, 6.07) is 6.16. The highest BCUT2D eigenvalue weighted by Gasteiger charge is 2.28.